The fourth-order valence-corrected chi connectivity index (χ4v) is 2.42. The molecule has 0 aliphatic carbocycles. The Morgan fingerprint density at radius 1 is 1.14 bits per heavy atom. The van der Waals surface area contributed by atoms with Gasteiger partial charge >= 0.3 is 0 Å². The Kier molecular flexibility index (Phi) is 5.16. The second-order valence-electron chi connectivity index (χ2n) is 4.54. The van der Waals surface area contributed by atoms with Crippen LogP contribution in [0.25, 0.3) is 0 Å². The summed E-state index contributed by atoms with van der Waals surface area (Å²) in [5, 5.41) is 17.3. The van der Waals surface area contributed by atoms with Crippen molar-refractivity contribution in [3.8, 4) is 0 Å². The highest BCUT2D eigenvalue weighted by Crippen LogP contribution is 2.25. The molecule has 0 fully saturated rings. The first-order chi connectivity index (χ1) is 10.1. The number of hydrogen-bond acceptors (Lipinski definition) is 4. The van der Waals surface area contributed by atoms with Crippen molar-refractivity contribution in [1.29, 1.82) is 0 Å². The number of hydrogen-bond donors (Lipinski definition) is 2. The first kappa shape index (κ1) is 15.3. The van der Waals surface area contributed by atoms with Crippen LogP contribution in [-0.4, -0.2) is 11.5 Å². The molecule has 2 aromatic carbocycles. The summed E-state index contributed by atoms with van der Waals surface area (Å²) in [5.74, 6) is 0. The summed E-state index contributed by atoms with van der Waals surface area (Å²) in [7, 11) is 0. The minimum Gasteiger partial charge on any atom is -0.385 e. The van der Waals surface area contributed by atoms with Gasteiger partial charge in [0.2, 0.25) is 0 Å². The van der Waals surface area contributed by atoms with E-state index in [1.54, 1.807) is 6.07 Å². The predicted octanol–water partition coefficient (Wildman–Crippen LogP) is 4.40. The SMILES string of the molecule is CCNc1cc(NCc2cccc(Br)c2)cc([N+](=O)[O-])c1. The standard InChI is InChI=1S/C15H16BrN3O2/c1-2-17-13-7-14(9-15(8-13)19(20)21)18-10-11-4-3-5-12(16)6-11/h3-9,17-18H,2,10H2,1H3. The zero-order chi connectivity index (χ0) is 15.2. The number of nitrogens with zero attached hydrogens (tertiary/aromatic N) is 1. The van der Waals surface area contributed by atoms with Gasteiger partial charge in [-0.3, -0.25) is 10.1 Å². The molecule has 110 valence electrons. The van der Waals surface area contributed by atoms with Gasteiger partial charge in [-0.25, -0.2) is 0 Å². The fourth-order valence-electron chi connectivity index (χ4n) is 1.98. The lowest BCUT2D eigenvalue weighted by Gasteiger charge is -2.10. The first-order valence-corrected chi connectivity index (χ1v) is 7.39. The average molecular weight is 350 g/mol. The topological polar surface area (TPSA) is 67.2 Å². The second-order valence-corrected chi connectivity index (χ2v) is 5.46. The molecule has 0 saturated carbocycles. The molecule has 2 aromatic rings. The normalized spacial score (nSPS) is 10.2. The predicted molar refractivity (Wildman–Crippen MR) is 88.7 cm³/mol. The molecule has 0 saturated heterocycles. The third-order valence-corrected chi connectivity index (χ3v) is 3.39. The smallest absolute Gasteiger partial charge is 0.273 e. The lowest BCUT2D eigenvalue weighted by Crippen LogP contribution is -2.03. The van der Waals surface area contributed by atoms with Crippen molar-refractivity contribution in [2.45, 2.75) is 13.5 Å². The van der Waals surface area contributed by atoms with Gasteiger partial charge in [0, 0.05) is 41.1 Å². The van der Waals surface area contributed by atoms with Crippen LogP contribution in [0.4, 0.5) is 17.1 Å². The van der Waals surface area contributed by atoms with Gasteiger partial charge in [-0.1, -0.05) is 28.1 Å². The number of nitro benzene ring substituents is 1. The molecule has 0 aromatic heterocycles. The highest BCUT2D eigenvalue weighted by Gasteiger charge is 2.09. The van der Waals surface area contributed by atoms with E-state index >= 15 is 0 Å². The summed E-state index contributed by atoms with van der Waals surface area (Å²) < 4.78 is 1.01. The van der Waals surface area contributed by atoms with Gasteiger partial charge in [0.15, 0.2) is 0 Å². The highest BCUT2D eigenvalue weighted by atomic mass is 79.9. The van der Waals surface area contributed by atoms with Crippen molar-refractivity contribution < 1.29 is 4.92 Å². The minimum absolute atomic E-state index is 0.0743. The van der Waals surface area contributed by atoms with Crippen LogP contribution in [0.1, 0.15) is 12.5 Å². The van der Waals surface area contributed by atoms with E-state index in [1.807, 2.05) is 37.3 Å². The minimum atomic E-state index is -0.384. The van der Waals surface area contributed by atoms with E-state index in [2.05, 4.69) is 26.6 Å². The molecule has 0 spiro atoms. The molecule has 0 amide bonds. The Balaban J connectivity index is 2.16. The molecule has 0 heterocycles. The van der Waals surface area contributed by atoms with Gasteiger partial charge in [-0.2, -0.15) is 0 Å². The van der Waals surface area contributed by atoms with E-state index in [0.717, 1.165) is 21.4 Å². The van der Waals surface area contributed by atoms with Crippen LogP contribution in [-0.2, 0) is 6.54 Å². The third-order valence-electron chi connectivity index (χ3n) is 2.90. The number of benzene rings is 2. The van der Waals surface area contributed by atoms with Crippen LogP contribution in [0.3, 0.4) is 0 Å². The van der Waals surface area contributed by atoms with Crippen molar-refractivity contribution in [2.24, 2.45) is 0 Å². The van der Waals surface area contributed by atoms with Crippen LogP contribution in [0.5, 0.6) is 0 Å². The Bertz CT molecular complexity index is 647. The zero-order valence-corrected chi connectivity index (χ0v) is 13.2. The quantitative estimate of drug-likeness (QED) is 0.599. The van der Waals surface area contributed by atoms with Crippen molar-refractivity contribution in [1.82, 2.24) is 0 Å². The van der Waals surface area contributed by atoms with E-state index < -0.39 is 0 Å². The van der Waals surface area contributed by atoms with Crippen LogP contribution >= 0.6 is 15.9 Å². The molecule has 2 rings (SSSR count). The maximum absolute atomic E-state index is 11.0. The van der Waals surface area contributed by atoms with Gasteiger partial charge in [0.1, 0.15) is 0 Å². The average Bonchev–Trinajstić information content (AvgIpc) is 2.45. The second kappa shape index (κ2) is 7.08. The van der Waals surface area contributed by atoms with E-state index in [-0.39, 0.29) is 10.6 Å². The van der Waals surface area contributed by atoms with Crippen LogP contribution in [0.2, 0.25) is 0 Å². The molecule has 0 radical (unpaired) electrons. The number of nitro groups is 1. The number of rotatable bonds is 6. The third kappa shape index (κ3) is 4.46. The lowest BCUT2D eigenvalue weighted by molar-refractivity contribution is -0.384. The maximum atomic E-state index is 11.0. The van der Waals surface area contributed by atoms with Crippen molar-refractivity contribution in [3.63, 3.8) is 0 Å². The van der Waals surface area contributed by atoms with Crippen molar-refractivity contribution in [2.75, 3.05) is 17.2 Å². The van der Waals surface area contributed by atoms with Crippen molar-refractivity contribution in [3.05, 3.63) is 62.6 Å². The van der Waals surface area contributed by atoms with Gasteiger partial charge in [0.25, 0.3) is 5.69 Å². The summed E-state index contributed by atoms with van der Waals surface area (Å²) >= 11 is 3.42. The molecule has 0 bridgehead atoms. The van der Waals surface area contributed by atoms with Gasteiger partial charge in [-0.05, 0) is 30.7 Å². The number of halogens is 1. The molecule has 2 N–H and O–H groups in total. The zero-order valence-electron chi connectivity index (χ0n) is 11.6. The Labute approximate surface area is 131 Å². The highest BCUT2D eigenvalue weighted by molar-refractivity contribution is 9.10. The Morgan fingerprint density at radius 3 is 2.48 bits per heavy atom. The molecule has 6 heteroatoms. The van der Waals surface area contributed by atoms with E-state index in [1.165, 1.54) is 6.07 Å². The fraction of sp³-hybridized carbons (Fsp3) is 0.200. The number of non-ortho nitro benzene ring substituents is 1. The molecular weight excluding hydrogens is 334 g/mol. The summed E-state index contributed by atoms with van der Waals surface area (Å²) in [4.78, 5) is 10.6. The molecule has 5 nitrogen and oxygen atoms in total. The molecular formula is C15H16BrN3O2. The molecule has 0 aliphatic rings. The van der Waals surface area contributed by atoms with E-state index in [9.17, 15) is 10.1 Å². The summed E-state index contributed by atoms with van der Waals surface area (Å²) in [6.07, 6.45) is 0. The Hall–Kier alpha value is -2.08. The van der Waals surface area contributed by atoms with Crippen LogP contribution in [0, 0.1) is 10.1 Å². The lowest BCUT2D eigenvalue weighted by atomic mass is 10.2. The maximum Gasteiger partial charge on any atom is 0.273 e. The summed E-state index contributed by atoms with van der Waals surface area (Å²) in [5.41, 5.74) is 2.63. The number of nitrogens with one attached hydrogen (secondary N) is 2. The largest absolute Gasteiger partial charge is 0.385 e. The number of anilines is 2. The molecule has 0 aliphatic heterocycles. The van der Waals surface area contributed by atoms with Crippen LogP contribution < -0.4 is 10.6 Å². The van der Waals surface area contributed by atoms with Crippen molar-refractivity contribution >= 4 is 33.0 Å². The Morgan fingerprint density at radius 2 is 1.86 bits per heavy atom. The summed E-state index contributed by atoms with van der Waals surface area (Å²) in [6.45, 7) is 3.27. The van der Waals surface area contributed by atoms with Gasteiger partial charge in [-0.15, -0.1) is 0 Å². The van der Waals surface area contributed by atoms with E-state index in [0.29, 0.717) is 13.1 Å². The van der Waals surface area contributed by atoms with Gasteiger partial charge < -0.3 is 10.6 Å². The molecule has 0 atom stereocenters. The monoisotopic (exact) mass is 349 g/mol. The van der Waals surface area contributed by atoms with E-state index in [4.69, 9.17) is 0 Å². The summed E-state index contributed by atoms with van der Waals surface area (Å²) in [6, 6.07) is 12.9. The van der Waals surface area contributed by atoms with Crippen LogP contribution in [0.15, 0.2) is 46.9 Å². The first-order valence-electron chi connectivity index (χ1n) is 6.60. The molecule has 21 heavy (non-hydrogen) atoms. The molecule has 0 unspecified atom stereocenters. The van der Waals surface area contributed by atoms with Gasteiger partial charge in [0.05, 0.1) is 4.92 Å².